The molecule has 0 saturated carbocycles. The van der Waals surface area contributed by atoms with Gasteiger partial charge >= 0.3 is 0 Å². The molecule has 112 valence electrons. The number of thiol groups is 1. The minimum absolute atomic E-state index is 0.0314. The van der Waals surface area contributed by atoms with Crippen LogP contribution in [-0.4, -0.2) is 35.0 Å². The van der Waals surface area contributed by atoms with Gasteiger partial charge in [0.1, 0.15) is 0 Å². The van der Waals surface area contributed by atoms with Crippen LogP contribution in [0.2, 0.25) is 0 Å². The molecule has 0 aromatic heterocycles. The fourth-order valence-electron chi connectivity index (χ4n) is 2.14. The Morgan fingerprint density at radius 2 is 2.14 bits per heavy atom. The van der Waals surface area contributed by atoms with Crippen LogP contribution < -0.4 is 11.5 Å². The smallest absolute Gasteiger partial charge is 0.229 e. The minimum Gasteiger partial charge on any atom is -0.369 e. The van der Waals surface area contributed by atoms with E-state index in [1.165, 1.54) is 4.90 Å². The molecule has 1 aliphatic rings. The van der Waals surface area contributed by atoms with Crippen molar-refractivity contribution >= 4 is 36.1 Å². The lowest BCUT2D eigenvalue weighted by Crippen LogP contribution is -2.39. The Morgan fingerprint density at radius 1 is 1.43 bits per heavy atom. The molecule has 0 spiro atoms. The third kappa shape index (κ3) is 3.75. The van der Waals surface area contributed by atoms with Gasteiger partial charge in [-0.25, -0.2) is 4.99 Å². The van der Waals surface area contributed by atoms with E-state index < -0.39 is 0 Å². The van der Waals surface area contributed by atoms with Gasteiger partial charge in [-0.3, -0.25) is 9.69 Å². The molecule has 1 atom stereocenters. The Labute approximate surface area is 129 Å². The quantitative estimate of drug-likeness (QED) is 0.432. The van der Waals surface area contributed by atoms with E-state index in [1.807, 2.05) is 31.2 Å². The van der Waals surface area contributed by atoms with Crippen molar-refractivity contribution in [2.75, 3.05) is 12.3 Å². The van der Waals surface area contributed by atoms with Crippen molar-refractivity contribution in [3.63, 3.8) is 0 Å². The van der Waals surface area contributed by atoms with Crippen LogP contribution in [0.15, 0.2) is 34.3 Å². The van der Waals surface area contributed by atoms with Crippen molar-refractivity contribution in [2.24, 2.45) is 27.4 Å². The number of hydrogen-bond donors (Lipinski definition) is 3. The predicted octanol–water partition coefficient (Wildman–Crippen LogP) is 1.03. The lowest BCUT2D eigenvalue weighted by molar-refractivity contribution is -0.124. The van der Waals surface area contributed by atoms with Crippen LogP contribution in [0.3, 0.4) is 0 Å². The summed E-state index contributed by atoms with van der Waals surface area (Å²) in [6.07, 6.45) is 0.439. The van der Waals surface area contributed by atoms with E-state index in [4.69, 9.17) is 11.5 Å². The van der Waals surface area contributed by atoms with Crippen molar-refractivity contribution in [1.82, 2.24) is 4.90 Å². The second-order valence-electron chi connectivity index (χ2n) is 4.98. The fourth-order valence-corrected chi connectivity index (χ4v) is 2.38. The van der Waals surface area contributed by atoms with Gasteiger partial charge in [0, 0.05) is 13.0 Å². The van der Waals surface area contributed by atoms with Crippen LogP contribution in [0.4, 0.5) is 5.69 Å². The second kappa shape index (κ2) is 6.62. The lowest BCUT2D eigenvalue weighted by Gasteiger charge is -2.14. The van der Waals surface area contributed by atoms with Crippen LogP contribution in [-0.2, 0) is 4.79 Å². The zero-order valence-electron chi connectivity index (χ0n) is 11.9. The van der Waals surface area contributed by atoms with E-state index in [0.717, 1.165) is 11.3 Å². The fraction of sp³-hybridized carbons (Fsp3) is 0.357. The van der Waals surface area contributed by atoms with E-state index in [9.17, 15) is 4.79 Å². The Hall–Kier alpha value is -2.02. The summed E-state index contributed by atoms with van der Waals surface area (Å²) >= 11 is 4.20. The average molecular weight is 305 g/mol. The average Bonchev–Trinajstić information content (AvgIpc) is 2.82. The molecule has 6 nitrogen and oxygen atoms in total. The summed E-state index contributed by atoms with van der Waals surface area (Å²) in [5, 5.41) is 0. The number of rotatable bonds is 2. The standard InChI is InChI=1S/C14H19N5OS/c1-9-4-2-3-5-11(9)17-13(15)18-14(16)19-7-10(8-21)6-12(19)20/h2-5,10,21H,6-8H2,1H3,(H4,15,16,17,18). The van der Waals surface area contributed by atoms with Crippen molar-refractivity contribution in [1.29, 1.82) is 0 Å². The maximum Gasteiger partial charge on any atom is 0.229 e. The zero-order chi connectivity index (χ0) is 15.4. The number of nitrogens with two attached hydrogens (primary N) is 2. The number of carbonyl (C=O) groups excluding carboxylic acids is 1. The van der Waals surface area contributed by atoms with Gasteiger partial charge in [0.25, 0.3) is 0 Å². The van der Waals surface area contributed by atoms with Crippen LogP contribution in [0.1, 0.15) is 12.0 Å². The number of carbonyl (C=O) groups is 1. The number of aliphatic imine (C=N–C) groups is 2. The number of para-hydroxylation sites is 1. The molecule has 4 N–H and O–H groups in total. The molecule has 7 heteroatoms. The third-order valence-electron chi connectivity index (χ3n) is 3.32. The van der Waals surface area contributed by atoms with Gasteiger partial charge in [-0.15, -0.1) is 0 Å². The summed E-state index contributed by atoms with van der Waals surface area (Å²) in [6, 6.07) is 7.56. The molecule has 1 aromatic rings. The van der Waals surface area contributed by atoms with Gasteiger partial charge in [0.2, 0.25) is 17.8 Å². The number of hydrogen-bond acceptors (Lipinski definition) is 3. The molecule has 1 heterocycles. The van der Waals surface area contributed by atoms with Crippen LogP contribution in [0, 0.1) is 12.8 Å². The summed E-state index contributed by atoms with van der Waals surface area (Å²) in [5.74, 6) is 0.897. The molecule has 0 radical (unpaired) electrons. The highest BCUT2D eigenvalue weighted by atomic mass is 32.1. The summed E-state index contributed by atoms with van der Waals surface area (Å²) in [7, 11) is 0. The number of likely N-dealkylation sites (tertiary alicyclic amines) is 1. The number of benzene rings is 1. The molecule has 0 aliphatic carbocycles. The molecular formula is C14H19N5OS. The summed E-state index contributed by atoms with van der Waals surface area (Å²) in [5.41, 5.74) is 13.4. The predicted molar refractivity (Wildman–Crippen MR) is 87.8 cm³/mol. The van der Waals surface area contributed by atoms with Crippen molar-refractivity contribution in [2.45, 2.75) is 13.3 Å². The van der Waals surface area contributed by atoms with Crippen LogP contribution in [0.5, 0.6) is 0 Å². The van der Waals surface area contributed by atoms with E-state index >= 15 is 0 Å². The first-order valence-corrected chi connectivity index (χ1v) is 7.29. The van der Waals surface area contributed by atoms with E-state index in [2.05, 4.69) is 22.6 Å². The number of nitrogens with zero attached hydrogens (tertiary/aromatic N) is 3. The third-order valence-corrected chi connectivity index (χ3v) is 3.84. The van der Waals surface area contributed by atoms with E-state index in [1.54, 1.807) is 0 Å². The highest BCUT2D eigenvalue weighted by molar-refractivity contribution is 7.80. The maximum atomic E-state index is 11.8. The van der Waals surface area contributed by atoms with E-state index in [-0.39, 0.29) is 23.7 Å². The second-order valence-corrected chi connectivity index (χ2v) is 5.35. The Morgan fingerprint density at radius 3 is 2.76 bits per heavy atom. The molecule has 1 saturated heterocycles. The van der Waals surface area contributed by atoms with Gasteiger partial charge in [-0.2, -0.15) is 17.6 Å². The first kappa shape index (κ1) is 15.4. The van der Waals surface area contributed by atoms with Crippen molar-refractivity contribution < 1.29 is 4.79 Å². The monoisotopic (exact) mass is 305 g/mol. The molecular weight excluding hydrogens is 286 g/mol. The van der Waals surface area contributed by atoms with Crippen LogP contribution in [0.25, 0.3) is 0 Å². The van der Waals surface area contributed by atoms with Gasteiger partial charge in [0.15, 0.2) is 0 Å². The molecule has 2 rings (SSSR count). The molecule has 1 aromatic carbocycles. The molecule has 1 amide bonds. The van der Waals surface area contributed by atoms with Gasteiger partial charge in [-0.1, -0.05) is 18.2 Å². The largest absolute Gasteiger partial charge is 0.369 e. The Balaban J connectivity index is 2.15. The molecule has 1 fully saturated rings. The molecule has 0 bridgehead atoms. The Kier molecular flexibility index (Phi) is 4.85. The highest BCUT2D eigenvalue weighted by Gasteiger charge is 2.30. The highest BCUT2D eigenvalue weighted by Crippen LogP contribution is 2.19. The topological polar surface area (TPSA) is 97.1 Å². The van der Waals surface area contributed by atoms with Gasteiger partial charge in [-0.05, 0) is 30.2 Å². The Bertz CT molecular complexity index is 599. The normalized spacial score (nSPS) is 20.2. The lowest BCUT2D eigenvalue weighted by atomic mass is 10.1. The first-order chi connectivity index (χ1) is 10.0. The number of aryl methyl sites for hydroxylation is 1. The van der Waals surface area contributed by atoms with E-state index in [0.29, 0.717) is 18.7 Å². The molecule has 1 aliphatic heterocycles. The summed E-state index contributed by atoms with van der Waals surface area (Å²) in [4.78, 5) is 21.5. The van der Waals surface area contributed by atoms with Crippen molar-refractivity contribution in [3.8, 4) is 0 Å². The maximum absolute atomic E-state index is 11.8. The number of amides is 1. The zero-order valence-corrected chi connectivity index (χ0v) is 12.8. The summed E-state index contributed by atoms with van der Waals surface area (Å²) in [6.45, 7) is 2.45. The summed E-state index contributed by atoms with van der Waals surface area (Å²) < 4.78 is 0. The van der Waals surface area contributed by atoms with Gasteiger partial charge in [0.05, 0.1) is 5.69 Å². The van der Waals surface area contributed by atoms with Gasteiger partial charge < -0.3 is 11.5 Å². The number of guanidine groups is 2. The molecule has 21 heavy (non-hydrogen) atoms. The first-order valence-electron chi connectivity index (χ1n) is 6.66. The SMILES string of the molecule is Cc1ccccc1N=C(N)/N=C(\N)N1CC(CS)CC1=O. The van der Waals surface area contributed by atoms with Crippen molar-refractivity contribution in [3.05, 3.63) is 29.8 Å². The van der Waals surface area contributed by atoms with Crippen LogP contribution >= 0.6 is 12.6 Å². The molecule has 1 unspecified atom stereocenters. The minimum atomic E-state index is -0.0565.